The molecule has 0 aromatic carbocycles. The van der Waals surface area contributed by atoms with Gasteiger partial charge in [0.25, 0.3) is 0 Å². The molecule has 18 heavy (non-hydrogen) atoms. The lowest BCUT2D eigenvalue weighted by Crippen LogP contribution is -2.18. The molecule has 0 amide bonds. The van der Waals surface area contributed by atoms with Gasteiger partial charge in [-0.15, -0.1) is 0 Å². The molecule has 0 spiro atoms. The van der Waals surface area contributed by atoms with E-state index in [0.717, 1.165) is 5.71 Å². The van der Waals surface area contributed by atoms with Crippen LogP contribution in [0.1, 0.15) is 55.4 Å². The molecule has 0 fully saturated rings. The summed E-state index contributed by atoms with van der Waals surface area (Å²) >= 11 is 0. The first kappa shape index (κ1) is 19.3. The Morgan fingerprint density at radius 3 is 1.89 bits per heavy atom. The van der Waals surface area contributed by atoms with Crippen molar-refractivity contribution < 1.29 is 10.1 Å². The van der Waals surface area contributed by atoms with Crippen molar-refractivity contribution in [2.24, 2.45) is 15.3 Å². The summed E-state index contributed by atoms with van der Waals surface area (Å²) in [5, 5.41) is 19.8. The Balaban J connectivity index is 0. The molecule has 6 heteroatoms. The molecule has 0 aromatic rings. The summed E-state index contributed by atoms with van der Waals surface area (Å²) in [5.41, 5.74) is 3.09. The van der Waals surface area contributed by atoms with Crippen molar-refractivity contribution in [3.05, 3.63) is 0 Å². The van der Waals surface area contributed by atoms with E-state index in [2.05, 4.69) is 39.5 Å². The van der Waals surface area contributed by atoms with E-state index in [9.17, 15) is 0 Å². The quantitative estimate of drug-likeness (QED) is 0.344. The maximum Gasteiger partial charge on any atom is 0.206 e. The fraction of sp³-hybridized carbons (Fsp3) is 0.917. The van der Waals surface area contributed by atoms with E-state index in [4.69, 9.17) is 5.26 Å². The third-order valence-corrected chi connectivity index (χ3v) is 1.30. The van der Waals surface area contributed by atoms with Gasteiger partial charge in [0.1, 0.15) is 0 Å². The maximum atomic E-state index is 8.25. The van der Waals surface area contributed by atoms with Crippen LogP contribution in [-0.2, 0) is 4.89 Å². The number of nitrogens with zero attached hydrogens (tertiary/aromatic N) is 3. The molecule has 6 nitrogen and oxygen atoms in total. The molecule has 0 saturated carbocycles. The van der Waals surface area contributed by atoms with Crippen molar-refractivity contribution in [1.82, 2.24) is 5.43 Å². The molecule has 0 aliphatic heterocycles. The molecule has 2 N–H and O–H groups in total. The van der Waals surface area contributed by atoms with Crippen molar-refractivity contribution in [3.63, 3.8) is 0 Å². The van der Waals surface area contributed by atoms with E-state index in [1.165, 1.54) is 0 Å². The summed E-state index contributed by atoms with van der Waals surface area (Å²) in [6.07, 6.45) is 0. The van der Waals surface area contributed by atoms with Crippen molar-refractivity contribution in [1.29, 1.82) is 0 Å². The lowest BCUT2D eigenvalue weighted by atomic mass is 10.3. The van der Waals surface area contributed by atoms with E-state index in [0.29, 0.717) is 6.04 Å². The normalized spacial score (nSPS) is 11.5. The molecule has 0 heterocycles. The van der Waals surface area contributed by atoms with Crippen molar-refractivity contribution >= 4 is 5.71 Å². The lowest BCUT2D eigenvalue weighted by Gasteiger charge is -2.12. The van der Waals surface area contributed by atoms with Gasteiger partial charge in [0.15, 0.2) is 0 Å². The zero-order valence-corrected chi connectivity index (χ0v) is 12.9. The van der Waals surface area contributed by atoms with Gasteiger partial charge in [0, 0.05) is 11.8 Å². The van der Waals surface area contributed by atoms with Gasteiger partial charge in [-0.25, -0.2) is 10.1 Å². The highest BCUT2D eigenvalue weighted by atomic mass is 17.1. The monoisotopic (exact) mass is 260 g/mol. The molecular weight excluding hydrogens is 232 g/mol. The summed E-state index contributed by atoms with van der Waals surface area (Å²) < 4.78 is 0. The second-order valence-corrected chi connectivity index (χ2v) is 5.19. The molecule has 0 unspecified atom stereocenters. The summed E-state index contributed by atoms with van der Waals surface area (Å²) in [5.74, 6) is 0. The largest absolute Gasteiger partial charge is 0.308 e. The number of hydrogen-bond donors (Lipinski definition) is 2. The van der Waals surface area contributed by atoms with Crippen LogP contribution in [0, 0.1) is 0 Å². The van der Waals surface area contributed by atoms with Crippen LogP contribution in [0.25, 0.3) is 0 Å². The Labute approximate surface area is 110 Å². The number of hydrogen-bond acceptors (Lipinski definition) is 6. The van der Waals surface area contributed by atoms with Gasteiger partial charge in [-0.1, -0.05) is 0 Å². The second kappa shape index (κ2) is 9.96. The van der Waals surface area contributed by atoms with E-state index < -0.39 is 5.72 Å². The van der Waals surface area contributed by atoms with Crippen LogP contribution in [0.4, 0.5) is 0 Å². The molecule has 108 valence electrons. The summed E-state index contributed by atoms with van der Waals surface area (Å²) in [6.45, 7) is 15.1. The Kier molecular flexibility index (Phi) is 10.7. The van der Waals surface area contributed by atoms with Crippen molar-refractivity contribution in [2.75, 3.05) is 0 Å². The zero-order chi connectivity index (χ0) is 14.8. The topological polar surface area (TPSA) is 78.6 Å². The van der Waals surface area contributed by atoms with Crippen LogP contribution in [0.5, 0.6) is 0 Å². The zero-order valence-electron chi connectivity index (χ0n) is 12.9. The molecule has 0 rings (SSSR count). The predicted octanol–water partition coefficient (Wildman–Crippen LogP) is 3.45. The number of hydrazone groups is 1. The standard InChI is InChI=1S/C6H14N2O2.C6H14N2/c1-5(2)7-8-6(3,4)10-9;1-5(2)7-8-6(3)4/h5,9H,1-4H3;5,7H,1-4H3. The average molecular weight is 260 g/mol. The second-order valence-electron chi connectivity index (χ2n) is 5.19. The third kappa shape index (κ3) is 17.4. The fourth-order valence-corrected chi connectivity index (χ4v) is 0.531. The van der Waals surface area contributed by atoms with Gasteiger partial charge in [0.2, 0.25) is 5.72 Å². The van der Waals surface area contributed by atoms with Gasteiger partial charge < -0.3 is 5.43 Å². The van der Waals surface area contributed by atoms with Crippen LogP contribution >= 0.6 is 0 Å². The van der Waals surface area contributed by atoms with E-state index in [1.54, 1.807) is 13.8 Å². The predicted molar refractivity (Wildman–Crippen MR) is 74.8 cm³/mol. The number of nitrogens with one attached hydrogen (secondary N) is 1. The Bertz CT molecular complexity index is 257. The van der Waals surface area contributed by atoms with Gasteiger partial charge in [-0.2, -0.15) is 15.3 Å². The fourth-order valence-electron chi connectivity index (χ4n) is 0.531. The summed E-state index contributed by atoms with van der Waals surface area (Å²) in [6, 6.07) is 0.583. The Morgan fingerprint density at radius 1 is 1.17 bits per heavy atom. The van der Waals surface area contributed by atoms with Gasteiger partial charge >= 0.3 is 0 Å². The van der Waals surface area contributed by atoms with Gasteiger partial charge in [-0.3, -0.25) is 0 Å². The highest BCUT2D eigenvalue weighted by Gasteiger charge is 2.16. The molecule has 0 bridgehead atoms. The van der Waals surface area contributed by atoms with Gasteiger partial charge in [-0.05, 0) is 55.4 Å². The molecule has 0 radical (unpaired) electrons. The lowest BCUT2D eigenvalue weighted by molar-refractivity contribution is -0.311. The van der Waals surface area contributed by atoms with Crippen molar-refractivity contribution in [3.8, 4) is 0 Å². The first-order valence-corrected chi connectivity index (χ1v) is 6.11. The average Bonchev–Trinajstić information content (AvgIpc) is 2.25. The van der Waals surface area contributed by atoms with E-state index >= 15 is 0 Å². The number of azo groups is 1. The van der Waals surface area contributed by atoms with E-state index in [-0.39, 0.29) is 6.04 Å². The molecule has 0 aromatic heterocycles. The van der Waals surface area contributed by atoms with Crippen LogP contribution < -0.4 is 5.43 Å². The minimum atomic E-state index is -0.912. The summed E-state index contributed by atoms with van der Waals surface area (Å²) in [4.78, 5) is 4.03. The van der Waals surface area contributed by atoms with Crippen LogP contribution in [-0.4, -0.2) is 28.8 Å². The first-order valence-electron chi connectivity index (χ1n) is 6.11. The molecule has 0 saturated heterocycles. The minimum Gasteiger partial charge on any atom is -0.308 e. The van der Waals surface area contributed by atoms with Crippen LogP contribution in [0.3, 0.4) is 0 Å². The smallest absolute Gasteiger partial charge is 0.206 e. The summed E-state index contributed by atoms with van der Waals surface area (Å²) in [7, 11) is 0. The molecule has 0 aliphatic rings. The number of rotatable bonds is 5. The Morgan fingerprint density at radius 2 is 1.67 bits per heavy atom. The molecule has 0 aliphatic carbocycles. The third-order valence-electron chi connectivity index (χ3n) is 1.30. The SMILES string of the molecule is CC(C)=NNC(C)C.CC(C)N=NC(C)(C)OO. The van der Waals surface area contributed by atoms with Crippen LogP contribution in [0.15, 0.2) is 15.3 Å². The minimum absolute atomic E-state index is 0.134. The highest BCUT2D eigenvalue weighted by molar-refractivity contribution is 5.78. The first-order chi connectivity index (χ1) is 8.10. The van der Waals surface area contributed by atoms with Gasteiger partial charge in [0.05, 0.1) is 6.04 Å². The Hall–Kier alpha value is -1.01. The maximum absolute atomic E-state index is 8.25. The van der Waals surface area contributed by atoms with Crippen LogP contribution in [0.2, 0.25) is 0 Å². The van der Waals surface area contributed by atoms with E-state index in [1.807, 2.05) is 27.7 Å². The highest BCUT2D eigenvalue weighted by Crippen LogP contribution is 2.09. The van der Waals surface area contributed by atoms with Crippen molar-refractivity contribution in [2.45, 2.75) is 73.2 Å². The molecule has 0 atom stereocenters. The molecular formula is C12H28N4O2.